The summed E-state index contributed by atoms with van der Waals surface area (Å²) in [5.74, 6) is 0. The highest BCUT2D eigenvalue weighted by atomic mass is 16.3. The van der Waals surface area contributed by atoms with Gasteiger partial charge in [0.05, 0.1) is 12.6 Å². The molecule has 136 valence electrons. The number of benzene rings is 3. The number of rotatable bonds is 7. The Morgan fingerprint density at radius 2 is 1.48 bits per heavy atom. The van der Waals surface area contributed by atoms with E-state index < -0.39 is 6.10 Å². The second-order valence-electron chi connectivity index (χ2n) is 6.84. The zero-order valence-electron chi connectivity index (χ0n) is 15.3. The van der Waals surface area contributed by atoms with E-state index in [9.17, 15) is 5.11 Å². The highest BCUT2D eigenvalue weighted by molar-refractivity contribution is 5.87. The number of aromatic nitrogens is 1. The van der Waals surface area contributed by atoms with Crippen LogP contribution >= 0.6 is 0 Å². The third-order valence-electron chi connectivity index (χ3n) is 4.83. The van der Waals surface area contributed by atoms with Gasteiger partial charge in [0.25, 0.3) is 0 Å². The molecule has 0 aliphatic heterocycles. The zero-order valence-corrected chi connectivity index (χ0v) is 15.3. The van der Waals surface area contributed by atoms with Gasteiger partial charge in [-0.2, -0.15) is 0 Å². The fourth-order valence-corrected chi connectivity index (χ4v) is 3.51. The van der Waals surface area contributed by atoms with E-state index in [0.29, 0.717) is 13.1 Å². The van der Waals surface area contributed by atoms with Gasteiger partial charge >= 0.3 is 0 Å². The fourth-order valence-electron chi connectivity index (χ4n) is 3.51. The molecule has 0 bridgehead atoms. The van der Waals surface area contributed by atoms with Gasteiger partial charge in [-0.25, -0.2) is 0 Å². The first kappa shape index (κ1) is 17.5. The van der Waals surface area contributed by atoms with E-state index in [2.05, 4.69) is 70.5 Å². The molecule has 0 amide bonds. The van der Waals surface area contributed by atoms with Gasteiger partial charge in [0.1, 0.15) is 0 Å². The van der Waals surface area contributed by atoms with Gasteiger partial charge in [-0.05, 0) is 23.3 Å². The molecule has 3 nitrogen and oxygen atoms in total. The molecule has 0 saturated heterocycles. The van der Waals surface area contributed by atoms with Crippen molar-refractivity contribution in [3.05, 3.63) is 96.6 Å². The summed E-state index contributed by atoms with van der Waals surface area (Å²) < 4.78 is 2.22. The minimum atomic E-state index is -0.466. The van der Waals surface area contributed by atoms with Crippen LogP contribution in [0.5, 0.6) is 0 Å². The predicted octanol–water partition coefficient (Wildman–Crippen LogP) is 4.46. The summed E-state index contributed by atoms with van der Waals surface area (Å²) in [6.07, 6.45) is -0.466. The first-order chi connectivity index (χ1) is 13.3. The monoisotopic (exact) mass is 356 g/mol. The maximum Gasteiger partial charge on any atom is 0.0843 e. The van der Waals surface area contributed by atoms with E-state index >= 15 is 0 Å². The van der Waals surface area contributed by atoms with E-state index in [4.69, 9.17) is 0 Å². The van der Waals surface area contributed by atoms with Gasteiger partial charge in [0.15, 0.2) is 0 Å². The van der Waals surface area contributed by atoms with Crippen LogP contribution in [0.1, 0.15) is 5.56 Å². The second-order valence-corrected chi connectivity index (χ2v) is 6.84. The number of nitrogens with one attached hydrogen (secondary N) is 1. The average molecular weight is 356 g/mol. The molecule has 2 N–H and O–H groups in total. The Morgan fingerprint density at radius 3 is 2.26 bits per heavy atom. The highest BCUT2D eigenvalue weighted by Crippen LogP contribution is 2.28. The minimum absolute atomic E-state index is 0.466. The molecule has 0 aliphatic carbocycles. The molecule has 0 spiro atoms. The fraction of sp³-hybridized carbons (Fsp3) is 0.167. The Kier molecular flexibility index (Phi) is 5.33. The highest BCUT2D eigenvalue weighted by Gasteiger charge is 2.13. The van der Waals surface area contributed by atoms with Gasteiger partial charge in [-0.15, -0.1) is 0 Å². The molecule has 4 rings (SSSR count). The first-order valence-corrected chi connectivity index (χ1v) is 9.37. The van der Waals surface area contributed by atoms with E-state index in [1.807, 2.05) is 30.3 Å². The normalized spacial score (nSPS) is 12.3. The van der Waals surface area contributed by atoms with Crippen molar-refractivity contribution in [3.8, 4) is 11.3 Å². The maximum atomic E-state index is 10.6. The summed E-state index contributed by atoms with van der Waals surface area (Å²) in [5.41, 5.74) is 4.68. The third kappa shape index (κ3) is 4.11. The Balaban J connectivity index is 1.52. The molecule has 1 aromatic heterocycles. The molecule has 0 saturated carbocycles. The summed E-state index contributed by atoms with van der Waals surface area (Å²) >= 11 is 0. The van der Waals surface area contributed by atoms with Gasteiger partial charge in [0, 0.05) is 29.7 Å². The number of para-hydroxylation sites is 1. The maximum absolute atomic E-state index is 10.6. The molecule has 0 unspecified atom stereocenters. The number of hydrogen-bond donors (Lipinski definition) is 2. The second kappa shape index (κ2) is 8.21. The van der Waals surface area contributed by atoms with Crippen molar-refractivity contribution in [1.82, 2.24) is 9.88 Å². The standard InChI is InChI=1S/C24H24N2O/c27-22(17-25-16-19-9-3-1-4-10-19)18-26-23-14-8-7-13-21(23)15-24(26)20-11-5-2-6-12-20/h1-15,22,25,27H,16-18H2/t22-/m1/s1. The molecule has 0 radical (unpaired) electrons. The SMILES string of the molecule is O[C@H](CNCc1ccccc1)Cn1c(-c2ccccc2)cc2ccccc21. The Hall–Kier alpha value is -2.88. The molecular formula is C24H24N2O. The summed E-state index contributed by atoms with van der Waals surface area (Å²) in [6, 6.07) is 31.2. The summed E-state index contributed by atoms with van der Waals surface area (Å²) in [6.45, 7) is 1.87. The van der Waals surface area contributed by atoms with E-state index in [1.165, 1.54) is 10.9 Å². The van der Waals surface area contributed by atoms with Gasteiger partial charge in [0.2, 0.25) is 0 Å². The van der Waals surface area contributed by atoms with Gasteiger partial charge in [-0.1, -0.05) is 78.9 Å². The lowest BCUT2D eigenvalue weighted by molar-refractivity contribution is 0.153. The number of hydrogen-bond acceptors (Lipinski definition) is 2. The molecule has 27 heavy (non-hydrogen) atoms. The van der Waals surface area contributed by atoms with Crippen LogP contribution in [0.25, 0.3) is 22.2 Å². The summed E-state index contributed by atoms with van der Waals surface area (Å²) in [7, 11) is 0. The molecule has 0 aliphatic rings. The quantitative estimate of drug-likeness (QED) is 0.513. The van der Waals surface area contributed by atoms with Gasteiger partial charge < -0.3 is 15.0 Å². The summed E-state index contributed by atoms with van der Waals surface area (Å²) in [5, 5.41) is 15.2. The zero-order chi connectivity index (χ0) is 18.5. The Bertz CT molecular complexity index is 993. The Labute approximate surface area is 159 Å². The van der Waals surface area contributed by atoms with Crippen molar-refractivity contribution in [2.45, 2.75) is 19.2 Å². The molecule has 3 heteroatoms. The topological polar surface area (TPSA) is 37.2 Å². The number of aliphatic hydroxyl groups excluding tert-OH is 1. The smallest absolute Gasteiger partial charge is 0.0843 e. The third-order valence-corrected chi connectivity index (χ3v) is 4.83. The van der Waals surface area contributed by atoms with Crippen LogP contribution in [-0.4, -0.2) is 22.3 Å². The van der Waals surface area contributed by atoms with Crippen LogP contribution in [0.4, 0.5) is 0 Å². The van der Waals surface area contributed by atoms with Crippen molar-refractivity contribution < 1.29 is 5.11 Å². The van der Waals surface area contributed by atoms with Crippen molar-refractivity contribution >= 4 is 10.9 Å². The van der Waals surface area contributed by atoms with Gasteiger partial charge in [-0.3, -0.25) is 0 Å². The van der Waals surface area contributed by atoms with Crippen molar-refractivity contribution in [1.29, 1.82) is 0 Å². The molecule has 0 fully saturated rings. The molecule has 4 aromatic rings. The lowest BCUT2D eigenvalue weighted by atomic mass is 10.1. The van der Waals surface area contributed by atoms with Crippen LogP contribution in [0.2, 0.25) is 0 Å². The van der Waals surface area contributed by atoms with Crippen molar-refractivity contribution in [3.63, 3.8) is 0 Å². The molecule has 3 aromatic carbocycles. The van der Waals surface area contributed by atoms with Crippen LogP contribution < -0.4 is 5.32 Å². The predicted molar refractivity (Wildman–Crippen MR) is 112 cm³/mol. The number of nitrogens with zero attached hydrogens (tertiary/aromatic N) is 1. The number of aliphatic hydroxyl groups is 1. The Morgan fingerprint density at radius 1 is 0.815 bits per heavy atom. The van der Waals surface area contributed by atoms with Crippen LogP contribution in [0.3, 0.4) is 0 Å². The van der Waals surface area contributed by atoms with E-state index in [0.717, 1.165) is 23.3 Å². The van der Waals surface area contributed by atoms with E-state index in [1.54, 1.807) is 0 Å². The van der Waals surface area contributed by atoms with Crippen LogP contribution in [-0.2, 0) is 13.1 Å². The lowest BCUT2D eigenvalue weighted by Gasteiger charge is -2.17. The van der Waals surface area contributed by atoms with E-state index in [-0.39, 0.29) is 0 Å². The lowest BCUT2D eigenvalue weighted by Crippen LogP contribution is -2.30. The van der Waals surface area contributed by atoms with Crippen LogP contribution in [0.15, 0.2) is 91.0 Å². The largest absolute Gasteiger partial charge is 0.390 e. The summed E-state index contributed by atoms with van der Waals surface area (Å²) in [4.78, 5) is 0. The minimum Gasteiger partial charge on any atom is -0.390 e. The van der Waals surface area contributed by atoms with Crippen LogP contribution in [0, 0.1) is 0 Å². The van der Waals surface area contributed by atoms with Crippen molar-refractivity contribution in [2.75, 3.05) is 6.54 Å². The average Bonchev–Trinajstić information content (AvgIpc) is 3.08. The number of fused-ring (bicyclic) bond motifs is 1. The first-order valence-electron chi connectivity index (χ1n) is 9.37. The molecular weight excluding hydrogens is 332 g/mol. The molecule has 1 heterocycles. The van der Waals surface area contributed by atoms with Crippen molar-refractivity contribution in [2.24, 2.45) is 0 Å². The molecule has 1 atom stereocenters.